The highest BCUT2D eigenvalue weighted by Gasteiger charge is 2.18. The molecule has 1 aromatic heterocycles. The van der Waals surface area contributed by atoms with Gasteiger partial charge in [0.05, 0.1) is 0 Å². The molecule has 0 atom stereocenters. The second-order valence-corrected chi connectivity index (χ2v) is 3.45. The molecule has 0 bridgehead atoms. The average Bonchev–Trinajstić information content (AvgIpc) is 2.60. The number of aliphatic hydroxyl groups is 1. The largest absolute Gasteiger partial charge is 0.388 e. The van der Waals surface area contributed by atoms with Crippen molar-refractivity contribution in [2.75, 3.05) is 6.61 Å². The molecule has 0 aromatic carbocycles. The topological polar surface area (TPSA) is 53.1 Å². The molecule has 70 valence electrons. The minimum atomic E-state index is -0.385. The minimum Gasteiger partial charge on any atom is -0.388 e. The normalized spacial score (nSPS) is 15.5. The van der Waals surface area contributed by atoms with Gasteiger partial charge in [0.1, 0.15) is 6.61 Å². The predicted molar refractivity (Wildman–Crippen MR) is 48.9 cm³/mol. The molecule has 0 amide bonds. The van der Waals surface area contributed by atoms with E-state index < -0.39 is 0 Å². The van der Waals surface area contributed by atoms with Crippen LogP contribution in [0, 0.1) is 0 Å². The molecule has 0 saturated carbocycles. The lowest BCUT2D eigenvalue weighted by atomic mass is 9.94. The molecular weight excluding hydrogens is 166 g/mol. The van der Waals surface area contributed by atoms with E-state index >= 15 is 0 Å². The number of Topliss-reactive ketones (excluding diaryl/α,β-unsaturated/α-hetero) is 1. The Labute approximate surface area is 76.8 Å². The number of aliphatic hydroxyl groups excluding tert-OH is 1. The fourth-order valence-electron chi connectivity index (χ4n) is 1.94. The van der Waals surface area contributed by atoms with E-state index in [1.54, 1.807) is 6.20 Å². The fourth-order valence-corrected chi connectivity index (χ4v) is 1.94. The first-order valence-corrected chi connectivity index (χ1v) is 4.66. The summed E-state index contributed by atoms with van der Waals surface area (Å²) in [4.78, 5) is 14.4. The van der Waals surface area contributed by atoms with Crippen LogP contribution < -0.4 is 0 Å². The standard InChI is InChI=1S/C10H13NO2/c12-6-10(13)8-5-11-9-4-2-1-3-7(8)9/h5,11-12H,1-4,6H2. The third kappa shape index (κ3) is 1.40. The molecule has 1 aliphatic carbocycles. The maximum atomic E-state index is 11.3. The number of hydrogen-bond donors (Lipinski definition) is 2. The van der Waals surface area contributed by atoms with Crippen molar-refractivity contribution in [2.24, 2.45) is 0 Å². The number of aromatic amines is 1. The van der Waals surface area contributed by atoms with Crippen LogP contribution in [-0.4, -0.2) is 22.5 Å². The molecule has 1 heterocycles. The molecule has 3 nitrogen and oxygen atoms in total. The van der Waals surface area contributed by atoms with Gasteiger partial charge in [-0.3, -0.25) is 4.79 Å². The van der Waals surface area contributed by atoms with Crippen LogP contribution in [0.3, 0.4) is 0 Å². The zero-order valence-electron chi connectivity index (χ0n) is 7.47. The van der Waals surface area contributed by atoms with Gasteiger partial charge in [-0.1, -0.05) is 0 Å². The summed E-state index contributed by atoms with van der Waals surface area (Å²) in [7, 11) is 0. The fraction of sp³-hybridized carbons (Fsp3) is 0.500. The van der Waals surface area contributed by atoms with Crippen LogP contribution in [0.15, 0.2) is 6.20 Å². The number of H-pyrrole nitrogens is 1. The SMILES string of the molecule is O=C(CO)c1c[nH]c2c1CCCC2. The molecule has 0 radical (unpaired) electrons. The van der Waals surface area contributed by atoms with Crippen LogP contribution in [0.25, 0.3) is 0 Å². The van der Waals surface area contributed by atoms with E-state index in [0.29, 0.717) is 5.56 Å². The number of nitrogens with one attached hydrogen (secondary N) is 1. The number of aryl methyl sites for hydroxylation is 1. The van der Waals surface area contributed by atoms with E-state index in [1.807, 2.05) is 0 Å². The summed E-state index contributed by atoms with van der Waals surface area (Å²) in [6, 6.07) is 0. The molecular formula is C10H13NO2. The molecule has 1 aliphatic rings. The third-order valence-corrected chi connectivity index (χ3v) is 2.63. The molecule has 0 aliphatic heterocycles. The van der Waals surface area contributed by atoms with Gasteiger partial charge in [0, 0.05) is 17.5 Å². The van der Waals surface area contributed by atoms with Crippen LogP contribution in [0.4, 0.5) is 0 Å². The van der Waals surface area contributed by atoms with Gasteiger partial charge in [-0.25, -0.2) is 0 Å². The second-order valence-electron chi connectivity index (χ2n) is 3.45. The Balaban J connectivity index is 2.36. The first-order chi connectivity index (χ1) is 6.33. The third-order valence-electron chi connectivity index (χ3n) is 2.63. The molecule has 3 heteroatoms. The summed E-state index contributed by atoms with van der Waals surface area (Å²) < 4.78 is 0. The smallest absolute Gasteiger partial charge is 0.189 e. The lowest BCUT2D eigenvalue weighted by Gasteiger charge is -2.11. The average molecular weight is 179 g/mol. The molecule has 13 heavy (non-hydrogen) atoms. The van der Waals surface area contributed by atoms with E-state index in [9.17, 15) is 4.79 Å². The van der Waals surface area contributed by atoms with Crippen molar-refractivity contribution >= 4 is 5.78 Å². The second kappa shape index (κ2) is 3.34. The van der Waals surface area contributed by atoms with Crippen molar-refractivity contribution in [3.8, 4) is 0 Å². The summed E-state index contributed by atoms with van der Waals surface area (Å²) in [5.41, 5.74) is 3.01. The zero-order chi connectivity index (χ0) is 9.26. The van der Waals surface area contributed by atoms with Crippen LogP contribution in [0.1, 0.15) is 34.5 Å². The van der Waals surface area contributed by atoms with Crippen LogP contribution >= 0.6 is 0 Å². The van der Waals surface area contributed by atoms with Crippen molar-refractivity contribution in [1.29, 1.82) is 0 Å². The van der Waals surface area contributed by atoms with Gasteiger partial charge in [-0.2, -0.15) is 0 Å². The molecule has 1 aromatic rings. The maximum absolute atomic E-state index is 11.3. The number of ketones is 1. The lowest BCUT2D eigenvalue weighted by Crippen LogP contribution is -2.09. The van der Waals surface area contributed by atoms with Gasteiger partial charge in [0.25, 0.3) is 0 Å². The van der Waals surface area contributed by atoms with Crippen molar-refractivity contribution in [1.82, 2.24) is 4.98 Å². The highest BCUT2D eigenvalue weighted by Crippen LogP contribution is 2.23. The summed E-state index contributed by atoms with van der Waals surface area (Å²) in [6.45, 7) is -0.385. The summed E-state index contributed by atoms with van der Waals surface area (Å²) in [5, 5.41) is 8.74. The first kappa shape index (κ1) is 8.51. The molecule has 0 saturated heterocycles. The van der Waals surface area contributed by atoms with Gasteiger partial charge >= 0.3 is 0 Å². The van der Waals surface area contributed by atoms with E-state index in [0.717, 1.165) is 24.8 Å². The summed E-state index contributed by atoms with van der Waals surface area (Å²) in [5.74, 6) is -0.167. The van der Waals surface area contributed by atoms with Gasteiger partial charge in [0.15, 0.2) is 5.78 Å². The number of aromatic nitrogens is 1. The van der Waals surface area contributed by atoms with E-state index in [1.165, 1.54) is 12.1 Å². The zero-order valence-corrected chi connectivity index (χ0v) is 7.47. The molecule has 2 rings (SSSR count). The Morgan fingerprint density at radius 2 is 2.23 bits per heavy atom. The van der Waals surface area contributed by atoms with E-state index in [-0.39, 0.29) is 12.4 Å². The van der Waals surface area contributed by atoms with Crippen molar-refractivity contribution in [2.45, 2.75) is 25.7 Å². The molecule has 0 fully saturated rings. The quantitative estimate of drug-likeness (QED) is 0.667. The minimum absolute atomic E-state index is 0.167. The maximum Gasteiger partial charge on any atom is 0.189 e. The van der Waals surface area contributed by atoms with Crippen molar-refractivity contribution in [3.63, 3.8) is 0 Å². The van der Waals surface area contributed by atoms with Crippen LogP contribution in [-0.2, 0) is 12.8 Å². The Morgan fingerprint density at radius 3 is 3.00 bits per heavy atom. The van der Waals surface area contributed by atoms with E-state index in [2.05, 4.69) is 4.98 Å². The van der Waals surface area contributed by atoms with Crippen LogP contribution in [0.5, 0.6) is 0 Å². The number of hydrogen-bond acceptors (Lipinski definition) is 2. The highest BCUT2D eigenvalue weighted by atomic mass is 16.3. The number of fused-ring (bicyclic) bond motifs is 1. The number of carbonyl (C=O) groups is 1. The Kier molecular flexibility index (Phi) is 2.19. The first-order valence-electron chi connectivity index (χ1n) is 4.66. The Morgan fingerprint density at radius 1 is 1.46 bits per heavy atom. The summed E-state index contributed by atoms with van der Waals surface area (Å²) >= 11 is 0. The summed E-state index contributed by atoms with van der Waals surface area (Å²) in [6.07, 6.45) is 6.08. The predicted octanol–water partition coefficient (Wildman–Crippen LogP) is 1.07. The number of rotatable bonds is 2. The van der Waals surface area contributed by atoms with Gasteiger partial charge < -0.3 is 10.1 Å². The van der Waals surface area contributed by atoms with Gasteiger partial charge in [-0.05, 0) is 31.2 Å². The lowest BCUT2D eigenvalue weighted by molar-refractivity contribution is 0.0903. The molecule has 0 spiro atoms. The molecule has 0 unspecified atom stereocenters. The van der Waals surface area contributed by atoms with Gasteiger partial charge in [0.2, 0.25) is 0 Å². The Hall–Kier alpha value is -1.09. The monoisotopic (exact) mass is 179 g/mol. The van der Waals surface area contributed by atoms with E-state index in [4.69, 9.17) is 5.11 Å². The highest BCUT2D eigenvalue weighted by molar-refractivity contribution is 5.98. The van der Waals surface area contributed by atoms with Crippen molar-refractivity contribution < 1.29 is 9.90 Å². The Bertz CT molecular complexity index is 328. The van der Waals surface area contributed by atoms with Gasteiger partial charge in [-0.15, -0.1) is 0 Å². The van der Waals surface area contributed by atoms with Crippen molar-refractivity contribution in [3.05, 3.63) is 23.0 Å². The number of carbonyl (C=O) groups excluding carboxylic acids is 1. The van der Waals surface area contributed by atoms with Crippen LogP contribution in [0.2, 0.25) is 0 Å². The molecule has 2 N–H and O–H groups in total.